The molecule has 0 saturated carbocycles. The molecule has 1 aromatic carbocycles. The third-order valence-electron chi connectivity index (χ3n) is 6.51. The Hall–Kier alpha value is -3.93. The second-order valence-corrected chi connectivity index (χ2v) is 9.07. The fourth-order valence-corrected chi connectivity index (χ4v) is 4.53. The first-order chi connectivity index (χ1) is 18.6. The molecule has 0 aliphatic carbocycles. The van der Waals surface area contributed by atoms with Gasteiger partial charge < -0.3 is 14.5 Å². The molecule has 1 saturated heterocycles. The first-order valence-electron chi connectivity index (χ1n) is 12.8. The van der Waals surface area contributed by atoms with Gasteiger partial charge in [-0.3, -0.25) is 20.1 Å². The number of amides is 1. The van der Waals surface area contributed by atoms with Crippen molar-refractivity contribution in [3.63, 3.8) is 0 Å². The third-order valence-corrected chi connectivity index (χ3v) is 6.51. The summed E-state index contributed by atoms with van der Waals surface area (Å²) in [7, 11) is 1.75. The first-order valence-corrected chi connectivity index (χ1v) is 12.8. The van der Waals surface area contributed by atoms with Gasteiger partial charge in [0.2, 0.25) is 5.95 Å². The molecule has 0 bridgehead atoms. The van der Waals surface area contributed by atoms with E-state index in [1.165, 1.54) is 0 Å². The van der Waals surface area contributed by atoms with Crippen LogP contribution in [-0.4, -0.2) is 93.9 Å². The summed E-state index contributed by atoms with van der Waals surface area (Å²) in [6.07, 6.45) is 4.72. The number of H-pyrrole nitrogens is 1. The van der Waals surface area contributed by atoms with Crippen LogP contribution in [-0.2, 0) is 16.0 Å². The van der Waals surface area contributed by atoms with E-state index in [1.807, 2.05) is 18.3 Å². The molecule has 1 aliphatic heterocycles. The molecule has 0 radical (unpaired) electrons. The largest absolute Gasteiger partial charge is 0.450 e. The van der Waals surface area contributed by atoms with Crippen LogP contribution >= 0.6 is 0 Å². The molecule has 0 spiro atoms. The number of aromatic nitrogens is 5. The van der Waals surface area contributed by atoms with Crippen molar-refractivity contribution >= 4 is 23.1 Å². The molecule has 11 heteroatoms. The number of carbonyl (C=O) groups is 1. The van der Waals surface area contributed by atoms with E-state index in [0.717, 1.165) is 73.8 Å². The number of aromatic amines is 1. The number of benzene rings is 1. The number of carbonyl (C=O) groups excluding carboxylic acids is 1. The van der Waals surface area contributed by atoms with Crippen molar-refractivity contribution in [1.82, 2.24) is 34.7 Å². The number of piperazine rings is 1. The molecule has 0 unspecified atom stereocenters. The zero-order valence-corrected chi connectivity index (χ0v) is 21.7. The molecule has 1 aliphatic rings. The Morgan fingerprint density at radius 1 is 1.05 bits per heavy atom. The summed E-state index contributed by atoms with van der Waals surface area (Å²) in [6.45, 7) is 8.73. The Morgan fingerprint density at radius 2 is 1.84 bits per heavy atom. The maximum atomic E-state index is 11.9. The zero-order valence-electron chi connectivity index (χ0n) is 21.7. The van der Waals surface area contributed by atoms with Crippen LogP contribution in [0.2, 0.25) is 0 Å². The molecule has 38 heavy (non-hydrogen) atoms. The standard InChI is InChI=1S/C27H32N8O3/c1-3-38-27(36)33-26-31-23-16-20(15-22(24(23)32-26)25-28-7-4-8-29-25)19-5-6-21(30-17-19)18-35-11-9-34(10-12-35)13-14-37-2/h4-8,15-17H,3,9-14,18H2,1-2H3,(H2,31,32,33,36). The van der Waals surface area contributed by atoms with E-state index in [1.54, 1.807) is 32.5 Å². The Morgan fingerprint density at radius 3 is 2.55 bits per heavy atom. The molecular formula is C27H32N8O3. The van der Waals surface area contributed by atoms with Crippen molar-refractivity contribution < 1.29 is 14.3 Å². The van der Waals surface area contributed by atoms with Crippen LogP contribution < -0.4 is 5.32 Å². The Kier molecular flexibility index (Phi) is 8.17. The molecular weight excluding hydrogens is 484 g/mol. The number of ether oxygens (including phenoxy) is 2. The normalized spacial score (nSPS) is 14.6. The lowest BCUT2D eigenvalue weighted by Crippen LogP contribution is -2.46. The second kappa shape index (κ2) is 12.1. The lowest BCUT2D eigenvalue weighted by molar-refractivity contribution is 0.0932. The van der Waals surface area contributed by atoms with Gasteiger partial charge in [-0.1, -0.05) is 6.07 Å². The average Bonchev–Trinajstić information content (AvgIpc) is 3.35. The van der Waals surface area contributed by atoms with Gasteiger partial charge in [0.1, 0.15) is 5.52 Å². The SMILES string of the molecule is CCOC(=O)Nc1nc2c(-c3ncccn3)cc(-c3ccc(CN4CCN(CCOC)CC4)nc3)cc2[nH]1. The number of nitrogens with one attached hydrogen (secondary N) is 2. The number of hydrogen-bond donors (Lipinski definition) is 2. The number of methoxy groups -OCH3 is 1. The summed E-state index contributed by atoms with van der Waals surface area (Å²) >= 11 is 0. The summed E-state index contributed by atoms with van der Waals surface area (Å²) < 4.78 is 10.2. The third kappa shape index (κ3) is 6.13. The summed E-state index contributed by atoms with van der Waals surface area (Å²) in [6, 6.07) is 9.92. The Labute approximate surface area is 221 Å². The van der Waals surface area contributed by atoms with Gasteiger partial charge in [-0.05, 0) is 36.8 Å². The van der Waals surface area contributed by atoms with Crippen molar-refractivity contribution in [2.45, 2.75) is 13.5 Å². The van der Waals surface area contributed by atoms with Crippen molar-refractivity contribution in [1.29, 1.82) is 0 Å². The maximum absolute atomic E-state index is 11.9. The van der Waals surface area contributed by atoms with Gasteiger partial charge in [-0.2, -0.15) is 0 Å². The van der Waals surface area contributed by atoms with E-state index >= 15 is 0 Å². The highest BCUT2D eigenvalue weighted by Crippen LogP contribution is 2.32. The maximum Gasteiger partial charge on any atom is 0.413 e. The zero-order chi connectivity index (χ0) is 26.3. The van der Waals surface area contributed by atoms with Gasteiger partial charge in [0.15, 0.2) is 5.82 Å². The lowest BCUT2D eigenvalue weighted by atomic mass is 10.0. The van der Waals surface area contributed by atoms with Gasteiger partial charge in [0.05, 0.1) is 24.4 Å². The minimum atomic E-state index is -0.569. The fourth-order valence-electron chi connectivity index (χ4n) is 4.53. The summed E-state index contributed by atoms with van der Waals surface area (Å²) in [5.41, 5.74) is 5.09. The van der Waals surface area contributed by atoms with Gasteiger partial charge >= 0.3 is 6.09 Å². The highest BCUT2D eigenvalue weighted by Gasteiger charge is 2.18. The Balaban J connectivity index is 1.36. The number of fused-ring (bicyclic) bond motifs is 1. The molecule has 5 rings (SSSR count). The van der Waals surface area contributed by atoms with Crippen LogP contribution in [0.25, 0.3) is 33.5 Å². The summed E-state index contributed by atoms with van der Waals surface area (Å²) in [5.74, 6) is 0.839. The fraction of sp³-hybridized carbons (Fsp3) is 0.370. The Bertz CT molecular complexity index is 1350. The van der Waals surface area contributed by atoms with E-state index in [2.05, 4.69) is 47.2 Å². The van der Waals surface area contributed by atoms with E-state index in [4.69, 9.17) is 14.5 Å². The van der Waals surface area contributed by atoms with E-state index in [9.17, 15) is 4.79 Å². The molecule has 3 aromatic heterocycles. The van der Waals surface area contributed by atoms with Crippen molar-refractivity contribution in [2.24, 2.45) is 0 Å². The molecule has 4 aromatic rings. The number of imidazole rings is 1. The highest BCUT2D eigenvalue weighted by molar-refractivity contribution is 5.96. The number of anilines is 1. The predicted octanol–water partition coefficient (Wildman–Crippen LogP) is 3.41. The van der Waals surface area contributed by atoms with Gasteiger partial charge in [-0.25, -0.2) is 19.7 Å². The van der Waals surface area contributed by atoms with E-state index < -0.39 is 6.09 Å². The first kappa shape index (κ1) is 25.7. The van der Waals surface area contributed by atoms with Crippen molar-refractivity contribution in [3.05, 3.63) is 54.6 Å². The monoisotopic (exact) mass is 516 g/mol. The summed E-state index contributed by atoms with van der Waals surface area (Å²) in [4.78, 5) is 38.1. The number of pyridine rings is 1. The molecule has 0 atom stereocenters. The van der Waals surface area contributed by atoms with Crippen LogP contribution in [0.3, 0.4) is 0 Å². The predicted molar refractivity (Wildman–Crippen MR) is 145 cm³/mol. The van der Waals surface area contributed by atoms with Crippen molar-refractivity contribution in [3.8, 4) is 22.5 Å². The second-order valence-electron chi connectivity index (χ2n) is 9.07. The quantitative estimate of drug-likeness (QED) is 0.345. The summed E-state index contributed by atoms with van der Waals surface area (Å²) in [5, 5.41) is 2.63. The van der Waals surface area contributed by atoms with Crippen LogP contribution in [0, 0.1) is 0 Å². The number of rotatable bonds is 9. The molecule has 1 amide bonds. The number of hydrogen-bond acceptors (Lipinski definition) is 9. The van der Waals surface area contributed by atoms with Gasteiger partial charge in [0.25, 0.3) is 0 Å². The average molecular weight is 517 g/mol. The minimum absolute atomic E-state index is 0.271. The van der Waals surface area contributed by atoms with Crippen LogP contribution in [0.1, 0.15) is 12.6 Å². The molecule has 1 fully saturated rings. The van der Waals surface area contributed by atoms with Gasteiger partial charge in [0, 0.05) is 76.1 Å². The van der Waals surface area contributed by atoms with Crippen molar-refractivity contribution in [2.75, 3.05) is 58.4 Å². The molecule has 11 nitrogen and oxygen atoms in total. The lowest BCUT2D eigenvalue weighted by Gasteiger charge is -2.34. The smallest absolute Gasteiger partial charge is 0.413 e. The van der Waals surface area contributed by atoms with E-state index in [0.29, 0.717) is 17.3 Å². The van der Waals surface area contributed by atoms with Crippen LogP contribution in [0.4, 0.5) is 10.7 Å². The molecule has 4 heterocycles. The van der Waals surface area contributed by atoms with E-state index in [-0.39, 0.29) is 6.61 Å². The topological polar surface area (TPSA) is 121 Å². The highest BCUT2D eigenvalue weighted by atomic mass is 16.5. The molecule has 198 valence electrons. The van der Waals surface area contributed by atoms with Crippen LogP contribution in [0.5, 0.6) is 0 Å². The molecule has 2 N–H and O–H groups in total. The van der Waals surface area contributed by atoms with Gasteiger partial charge in [-0.15, -0.1) is 0 Å². The number of nitrogens with zero attached hydrogens (tertiary/aromatic N) is 6. The van der Waals surface area contributed by atoms with Crippen LogP contribution in [0.15, 0.2) is 48.9 Å². The minimum Gasteiger partial charge on any atom is -0.450 e.